The number of nitrogens with zero attached hydrogens (tertiary/aromatic N) is 2. The van der Waals surface area contributed by atoms with E-state index < -0.39 is 0 Å². The molecular weight excluding hydrogens is 332 g/mol. The van der Waals surface area contributed by atoms with Gasteiger partial charge in [-0.3, -0.25) is 9.78 Å². The van der Waals surface area contributed by atoms with Gasteiger partial charge in [-0.15, -0.1) is 0 Å². The van der Waals surface area contributed by atoms with Crippen LogP contribution < -0.4 is 10.6 Å². The molecule has 0 spiro atoms. The molecule has 26 heavy (non-hydrogen) atoms. The number of hydrogen-bond donors (Lipinski definition) is 2. The second-order valence-corrected chi connectivity index (χ2v) is 6.50. The highest BCUT2D eigenvalue weighted by molar-refractivity contribution is 5.93. The molecule has 2 rings (SSSR count). The standard InChI is InChI=1S/C19H30N4O3/c1-3-5-6-10-21-18(24)17-14-16(7-11-20-17)22-15-8-12-23(13-9-15)19(25)26-4-2/h7,11,14-15H,3-6,8-10,12-13H2,1-2H3,(H,20,22)(H,21,24). The molecule has 0 aliphatic carbocycles. The third-order valence-electron chi connectivity index (χ3n) is 4.45. The van der Waals surface area contributed by atoms with Crippen LogP contribution >= 0.6 is 0 Å². The minimum absolute atomic E-state index is 0.137. The predicted octanol–water partition coefficient (Wildman–Crippen LogP) is 3.03. The zero-order chi connectivity index (χ0) is 18.8. The van der Waals surface area contributed by atoms with Crippen LogP contribution in [-0.2, 0) is 4.74 Å². The maximum absolute atomic E-state index is 12.2. The third-order valence-corrected chi connectivity index (χ3v) is 4.45. The molecule has 1 saturated heterocycles. The number of likely N-dealkylation sites (tertiary alicyclic amines) is 1. The average molecular weight is 362 g/mol. The summed E-state index contributed by atoms with van der Waals surface area (Å²) in [5.41, 5.74) is 1.31. The molecule has 1 aliphatic rings. The lowest BCUT2D eigenvalue weighted by molar-refractivity contribution is 0.0945. The summed E-state index contributed by atoms with van der Waals surface area (Å²) in [7, 11) is 0. The van der Waals surface area contributed by atoms with Crippen molar-refractivity contribution >= 4 is 17.7 Å². The number of aromatic nitrogens is 1. The maximum atomic E-state index is 12.2. The third kappa shape index (κ3) is 6.20. The van der Waals surface area contributed by atoms with Gasteiger partial charge >= 0.3 is 6.09 Å². The lowest BCUT2D eigenvalue weighted by Gasteiger charge is -2.32. The summed E-state index contributed by atoms with van der Waals surface area (Å²) >= 11 is 0. The molecule has 1 aromatic heterocycles. The highest BCUT2D eigenvalue weighted by atomic mass is 16.6. The molecule has 1 fully saturated rings. The van der Waals surface area contributed by atoms with Crippen LogP contribution in [0, 0.1) is 0 Å². The number of nitrogens with one attached hydrogen (secondary N) is 2. The van der Waals surface area contributed by atoms with Crippen molar-refractivity contribution in [2.75, 3.05) is 31.6 Å². The van der Waals surface area contributed by atoms with E-state index in [0.29, 0.717) is 31.9 Å². The molecule has 7 nitrogen and oxygen atoms in total. The number of rotatable bonds is 8. The summed E-state index contributed by atoms with van der Waals surface area (Å²) in [6.07, 6.45) is 6.33. The molecule has 2 heterocycles. The number of anilines is 1. The summed E-state index contributed by atoms with van der Waals surface area (Å²) in [6, 6.07) is 3.92. The quantitative estimate of drug-likeness (QED) is 0.695. The van der Waals surface area contributed by atoms with E-state index in [2.05, 4.69) is 22.5 Å². The second-order valence-electron chi connectivity index (χ2n) is 6.50. The summed E-state index contributed by atoms with van der Waals surface area (Å²) in [5.74, 6) is -0.137. The molecule has 0 aromatic carbocycles. The molecule has 1 aliphatic heterocycles. The van der Waals surface area contributed by atoms with Gasteiger partial charge in [0.2, 0.25) is 0 Å². The van der Waals surface area contributed by atoms with Gasteiger partial charge < -0.3 is 20.3 Å². The Morgan fingerprint density at radius 2 is 2.04 bits per heavy atom. The number of amides is 2. The number of ether oxygens (including phenoxy) is 1. The number of hydrogen-bond acceptors (Lipinski definition) is 5. The summed E-state index contributed by atoms with van der Waals surface area (Å²) in [5, 5.41) is 6.35. The van der Waals surface area contributed by atoms with Crippen molar-refractivity contribution in [2.24, 2.45) is 0 Å². The van der Waals surface area contributed by atoms with Gasteiger partial charge in [-0.25, -0.2) is 4.79 Å². The van der Waals surface area contributed by atoms with Gasteiger partial charge in [-0.1, -0.05) is 19.8 Å². The van der Waals surface area contributed by atoms with Gasteiger partial charge in [0.1, 0.15) is 5.69 Å². The van der Waals surface area contributed by atoms with Gasteiger partial charge in [0.05, 0.1) is 6.61 Å². The minimum Gasteiger partial charge on any atom is -0.450 e. The van der Waals surface area contributed by atoms with Crippen LogP contribution in [0.15, 0.2) is 18.3 Å². The first-order chi connectivity index (χ1) is 12.6. The van der Waals surface area contributed by atoms with Crippen LogP contribution in [0.25, 0.3) is 0 Å². The van der Waals surface area contributed by atoms with Crippen LogP contribution in [0.3, 0.4) is 0 Å². The lowest BCUT2D eigenvalue weighted by Crippen LogP contribution is -2.42. The fourth-order valence-corrected chi connectivity index (χ4v) is 2.97. The van der Waals surface area contributed by atoms with E-state index in [1.54, 1.807) is 17.2 Å². The predicted molar refractivity (Wildman–Crippen MR) is 101 cm³/mol. The normalized spacial score (nSPS) is 14.8. The van der Waals surface area contributed by atoms with Gasteiger partial charge in [0, 0.05) is 37.6 Å². The molecule has 2 amide bonds. The molecule has 2 N–H and O–H groups in total. The van der Waals surface area contributed by atoms with E-state index in [1.807, 2.05) is 13.0 Å². The molecule has 0 saturated carbocycles. The Kier molecular flexibility index (Phi) is 8.18. The van der Waals surface area contributed by atoms with E-state index in [1.165, 1.54) is 0 Å². The first-order valence-electron chi connectivity index (χ1n) is 9.56. The smallest absolute Gasteiger partial charge is 0.409 e. The largest absolute Gasteiger partial charge is 0.450 e. The van der Waals surface area contributed by atoms with E-state index in [9.17, 15) is 9.59 Å². The second kappa shape index (κ2) is 10.6. The van der Waals surface area contributed by atoms with Gasteiger partial charge in [0.15, 0.2) is 0 Å². The number of carbonyl (C=O) groups excluding carboxylic acids is 2. The first-order valence-corrected chi connectivity index (χ1v) is 9.56. The van der Waals surface area contributed by atoms with Crippen LogP contribution in [0.1, 0.15) is 56.4 Å². The highest BCUT2D eigenvalue weighted by Gasteiger charge is 2.23. The van der Waals surface area contributed by atoms with Crippen LogP contribution in [0.2, 0.25) is 0 Å². The minimum atomic E-state index is -0.239. The van der Waals surface area contributed by atoms with Crippen molar-refractivity contribution in [3.63, 3.8) is 0 Å². The topological polar surface area (TPSA) is 83.6 Å². The highest BCUT2D eigenvalue weighted by Crippen LogP contribution is 2.17. The Labute approximate surface area is 155 Å². The SMILES string of the molecule is CCCCCNC(=O)c1cc(NC2CCN(C(=O)OCC)CC2)ccn1. The van der Waals surface area contributed by atoms with Gasteiger partial charge in [0.25, 0.3) is 5.91 Å². The number of carbonyl (C=O) groups is 2. The fourth-order valence-electron chi connectivity index (χ4n) is 2.97. The van der Waals surface area contributed by atoms with Crippen LogP contribution in [0.4, 0.5) is 10.5 Å². The molecule has 0 bridgehead atoms. The van der Waals surface area contributed by atoms with E-state index >= 15 is 0 Å². The number of pyridine rings is 1. The Morgan fingerprint density at radius 1 is 1.27 bits per heavy atom. The van der Waals surface area contributed by atoms with Crippen LogP contribution in [-0.4, -0.2) is 54.2 Å². The Balaban J connectivity index is 1.81. The van der Waals surface area contributed by atoms with Gasteiger partial charge in [-0.2, -0.15) is 0 Å². The monoisotopic (exact) mass is 362 g/mol. The van der Waals surface area contributed by atoms with Crippen LogP contribution in [0.5, 0.6) is 0 Å². The summed E-state index contributed by atoms with van der Waals surface area (Å²) in [6.45, 7) is 6.37. The molecule has 7 heteroatoms. The summed E-state index contributed by atoms with van der Waals surface area (Å²) < 4.78 is 5.04. The first kappa shape index (κ1) is 20.0. The van der Waals surface area contributed by atoms with Crippen molar-refractivity contribution in [1.82, 2.24) is 15.2 Å². The number of unbranched alkanes of at least 4 members (excludes halogenated alkanes) is 2. The lowest BCUT2D eigenvalue weighted by atomic mass is 10.1. The van der Waals surface area contributed by atoms with E-state index in [0.717, 1.165) is 37.8 Å². The fraction of sp³-hybridized carbons (Fsp3) is 0.632. The average Bonchev–Trinajstić information content (AvgIpc) is 2.66. The molecule has 144 valence electrons. The maximum Gasteiger partial charge on any atom is 0.409 e. The Bertz CT molecular complexity index is 586. The summed E-state index contributed by atoms with van der Waals surface area (Å²) in [4.78, 5) is 29.8. The van der Waals surface area contributed by atoms with Crippen molar-refractivity contribution in [3.05, 3.63) is 24.0 Å². The van der Waals surface area contributed by atoms with Gasteiger partial charge in [-0.05, 0) is 38.3 Å². The van der Waals surface area contributed by atoms with Crippen molar-refractivity contribution < 1.29 is 14.3 Å². The molecule has 0 unspecified atom stereocenters. The number of piperidine rings is 1. The Hall–Kier alpha value is -2.31. The molecule has 1 aromatic rings. The van der Waals surface area contributed by atoms with Crippen molar-refractivity contribution in [1.29, 1.82) is 0 Å². The zero-order valence-corrected chi connectivity index (χ0v) is 15.8. The zero-order valence-electron chi connectivity index (χ0n) is 15.8. The van der Waals surface area contributed by atoms with Crippen molar-refractivity contribution in [2.45, 2.75) is 52.0 Å². The molecule has 0 atom stereocenters. The van der Waals surface area contributed by atoms with E-state index in [-0.39, 0.29) is 18.0 Å². The van der Waals surface area contributed by atoms with Crippen molar-refractivity contribution in [3.8, 4) is 0 Å². The van der Waals surface area contributed by atoms with E-state index in [4.69, 9.17) is 4.74 Å². The Morgan fingerprint density at radius 3 is 2.73 bits per heavy atom. The molecule has 0 radical (unpaired) electrons. The molecular formula is C19H30N4O3.